The predicted molar refractivity (Wildman–Crippen MR) is 84.4 cm³/mol. The number of nitrogens with zero attached hydrogens (tertiary/aromatic N) is 3. The largest absolute Gasteiger partial charge is 0.358 e. The molecule has 106 valence electrons. The number of aromatic amines is 2. The lowest BCUT2D eigenvalue weighted by atomic mass is 10.1. The fourth-order valence-electron chi connectivity index (χ4n) is 2.16. The smallest absolute Gasteiger partial charge is 0.296 e. The molecule has 6 nitrogen and oxygen atoms in total. The molecular weight excluding hydrogens is 286 g/mol. The van der Waals surface area contributed by atoms with Crippen LogP contribution in [0.15, 0.2) is 34.2 Å². The van der Waals surface area contributed by atoms with Crippen LogP contribution in [0.25, 0.3) is 10.9 Å². The maximum absolute atomic E-state index is 12.0. The van der Waals surface area contributed by atoms with Gasteiger partial charge in [-0.2, -0.15) is 14.9 Å². The van der Waals surface area contributed by atoms with E-state index in [0.29, 0.717) is 5.69 Å². The molecule has 2 heterocycles. The minimum atomic E-state index is -0.326. The van der Waals surface area contributed by atoms with Gasteiger partial charge in [0.25, 0.3) is 5.56 Å². The second-order valence-corrected chi connectivity index (χ2v) is 5.07. The Morgan fingerprint density at radius 2 is 2.10 bits per heavy atom. The van der Waals surface area contributed by atoms with Gasteiger partial charge in [-0.15, -0.1) is 0 Å². The molecule has 0 atom stereocenters. The van der Waals surface area contributed by atoms with Crippen LogP contribution in [0.5, 0.6) is 0 Å². The molecule has 0 amide bonds. The maximum atomic E-state index is 12.0. The third kappa shape index (κ3) is 2.31. The van der Waals surface area contributed by atoms with Gasteiger partial charge in [0.1, 0.15) is 5.69 Å². The molecule has 0 saturated carbocycles. The van der Waals surface area contributed by atoms with E-state index in [1.54, 1.807) is 13.1 Å². The zero-order chi connectivity index (χ0) is 15.0. The number of rotatable bonds is 2. The molecule has 21 heavy (non-hydrogen) atoms. The van der Waals surface area contributed by atoms with Crippen molar-refractivity contribution in [1.82, 2.24) is 19.9 Å². The highest BCUT2D eigenvalue weighted by Crippen LogP contribution is 2.19. The SMILES string of the molecule is Cc1[nH]c2ccccc2c1/C=N\n1c(=S)[nH]nc(C)c1=O. The molecule has 0 aliphatic rings. The van der Waals surface area contributed by atoms with Crippen LogP contribution in [0.3, 0.4) is 0 Å². The fraction of sp³-hybridized carbons (Fsp3) is 0.143. The topological polar surface area (TPSA) is 78.8 Å². The lowest BCUT2D eigenvalue weighted by Crippen LogP contribution is -2.22. The molecule has 0 unspecified atom stereocenters. The lowest BCUT2D eigenvalue weighted by Gasteiger charge is -1.99. The average molecular weight is 299 g/mol. The first-order valence-electron chi connectivity index (χ1n) is 6.38. The van der Waals surface area contributed by atoms with Gasteiger partial charge in [0.15, 0.2) is 0 Å². The number of fused-ring (bicyclic) bond motifs is 1. The summed E-state index contributed by atoms with van der Waals surface area (Å²) in [6, 6.07) is 7.92. The maximum Gasteiger partial charge on any atom is 0.296 e. The first-order valence-corrected chi connectivity index (χ1v) is 6.79. The Hall–Kier alpha value is -2.54. The summed E-state index contributed by atoms with van der Waals surface area (Å²) in [5.74, 6) is 0. The molecular formula is C14H13N5OS. The summed E-state index contributed by atoms with van der Waals surface area (Å²) in [6.45, 7) is 3.57. The van der Waals surface area contributed by atoms with Crippen molar-refractivity contribution in [3.05, 3.63) is 56.3 Å². The van der Waals surface area contributed by atoms with E-state index < -0.39 is 0 Å². The molecule has 0 fully saturated rings. The van der Waals surface area contributed by atoms with Crippen LogP contribution in [0.4, 0.5) is 0 Å². The summed E-state index contributed by atoms with van der Waals surface area (Å²) in [5.41, 5.74) is 2.93. The number of hydrogen-bond acceptors (Lipinski definition) is 4. The predicted octanol–water partition coefficient (Wildman–Crippen LogP) is 2.28. The normalized spacial score (nSPS) is 11.5. The summed E-state index contributed by atoms with van der Waals surface area (Å²) in [6.07, 6.45) is 1.64. The number of nitrogens with one attached hydrogen (secondary N) is 2. The monoisotopic (exact) mass is 299 g/mol. The molecule has 0 spiro atoms. The van der Waals surface area contributed by atoms with E-state index in [4.69, 9.17) is 12.2 Å². The van der Waals surface area contributed by atoms with Gasteiger partial charge in [-0.3, -0.25) is 9.89 Å². The summed E-state index contributed by atoms with van der Waals surface area (Å²) in [7, 11) is 0. The van der Waals surface area contributed by atoms with Gasteiger partial charge in [0.05, 0.1) is 6.21 Å². The number of benzene rings is 1. The van der Waals surface area contributed by atoms with Crippen molar-refractivity contribution >= 4 is 29.3 Å². The van der Waals surface area contributed by atoms with E-state index in [0.717, 1.165) is 26.8 Å². The van der Waals surface area contributed by atoms with Gasteiger partial charge in [-0.25, -0.2) is 0 Å². The molecule has 0 radical (unpaired) electrons. The van der Waals surface area contributed by atoms with Gasteiger partial charge in [-0.05, 0) is 32.1 Å². The van der Waals surface area contributed by atoms with Gasteiger partial charge in [-0.1, -0.05) is 18.2 Å². The molecule has 3 rings (SSSR count). The van der Waals surface area contributed by atoms with E-state index in [-0.39, 0.29) is 10.3 Å². The fourth-order valence-corrected chi connectivity index (χ4v) is 2.33. The molecule has 2 N–H and O–H groups in total. The Balaban J connectivity index is 2.15. The van der Waals surface area contributed by atoms with Gasteiger partial charge in [0.2, 0.25) is 4.77 Å². The highest BCUT2D eigenvalue weighted by atomic mass is 32.1. The van der Waals surface area contributed by atoms with Crippen molar-refractivity contribution in [2.75, 3.05) is 0 Å². The third-order valence-corrected chi connectivity index (χ3v) is 3.52. The summed E-state index contributed by atoms with van der Waals surface area (Å²) < 4.78 is 1.30. The van der Waals surface area contributed by atoms with E-state index in [9.17, 15) is 4.79 Å². The van der Waals surface area contributed by atoms with Gasteiger partial charge in [0, 0.05) is 22.2 Å². The first-order chi connectivity index (χ1) is 10.1. The third-order valence-electron chi connectivity index (χ3n) is 3.26. The molecule has 1 aromatic carbocycles. The number of hydrogen-bond donors (Lipinski definition) is 2. The molecule has 0 aliphatic carbocycles. The number of H-pyrrole nitrogens is 2. The zero-order valence-corrected chi connectivity index (χ0v) is 12.4. The Morgan fingerprint density at radius 3 is 2.90 bits per heavy atom. The molecule has 2 aromatic heterocycles. The van der Waals surface area contributed by atoms with Crippen molar-refractivity contribution in [2.45, 2.75) is 13.8 Å². The van der Waals surface area contributed by atoms with Gasteiger partial charge < -0.3 is 4.98 Å². The quantitative estimate of drug-likeness (QED) is 0.563. The number of aryl methyl sites for hydroxylation is 2. The Kier molecular flexibility index (Phi) is 3.26. The Bertz CT molecular complexity index is 963. The second kappa shape index (κ2) is 5.10. The molecule has 3 aromatic rings. The van der Waals surface area contributed by atoms with Crippen LogP contribution < -0.4 is 5.56 Å². The lowest BCUT2D eigenvalue weighted by molar-refractivity contribution is 0.720. The summed E-state index contributed by atoms with van der Waals surface area (Å²) >= 11 is 5.05. The van der Waals surface area contributed by atoms with Crippen molar-refractivity contribution in [3.8, 4) is 0 Å². The van der Waals surface area contributed by atoms with Crippen LogP contribution >= 0.6 is 12.2 Å². The first kappa shape index (κ1) is 13.4. The van der Waals surface area contributed by atoms with Crippen LogP contribution in [0.2, 0.25) is 0 Å². The molecule has 7 heteroatoms. The van der Waals surface area contributed by atoms with Crippen LogP contribution in [-0.2, 0) is 0 Å². The standard InChI is InChI=1S/C14H13N5OS/c1-8-11(10-5-3-4-6-12(10)16-8)7-15-19-13(20)9(2)17-18-14(19)21/h3-7,16H,1-2H3,(H,18,21)/b15-7-. The Morgan fingerprint density at radius 1 is 1.33 bits per heavy atom. The number of aromatic nitrogens is 4. The van der Waals surface area contributed by atoms with Crippen molar-refractivity contribution in [1.29, 1.82) is 0 Å². The summed E-state index contributed by atoms with van der Waals surface area (Å²) in [4.78, 5) is 15.3. The molecule has 0 aliphatic heterocycles. The minimum absolute atomic E-state index is 0.166. The Labute approximate surface area is 125 Å². The van der Waals surface area contributed by atoms with E-state index >= 15 is 0 Å². The van der Waals surface area contributed by atoms with Crippen LogP contribution in [0.1, 0.15) is 17.0 Å². The highest BCUT2D eigenvalue weighted by molar-refractivity contribution is 7.71. The zero-order valence-electron chi connectivity index (χ0n) is 11.5. The second-order valence-electron chi connectivity index (χ2n) is 4.68. The number of para-hydroxylation sites is 1. The van der Waals surface area contributed by atoms with Gasteiger partial charge >= 0.3 is 0 Å². The average Bonchev–Trinajstić information content (AvgIpc) is 2.79. The van der Waals surface area contributed by atoms with Crippen molar-refractivity contribution in [3.63, 3.8) is 0 Å². The molecule has 0 saturated heterocycles. The molecule has 0 bridgehead atoms. The minimum Gasteiger partial charge on any atom is -0.358 e. The van der Waals surface area contributed by atoms with E-state index in [2.05, 4.69) is 20.3 Å². The van der Waals surface area contributed by atoms with E-state index in [1.807, 2.05) is 31.2 Å². The van der Waals surface area contributed by atoms with Crippen molar-refractivity contribution < 1.29 is 0 Å². The van der Waals surface area contributed by atoms with Crippen LogP contribution in [-0.4, -0.2) is 26.1 Å². The summed E-state index contributed by atoms with van der Waals surface area (Å²) in [5, 5.41) is 11.7. The van der Waals surface area contributed by atoms with Crippen molar-refractivity contribution in [2.24, 2.45) is 5.10 Å². The highest BCUT2D eigenvalue weighted by Gasteiger charge is 2.06. The van der Waals surface area contributed by atoms with Crippen LogP contribution in [0, 0.1) is 18.6 Å². The van der Waals surface area contributed by atoms with E-state index in [1.165, 1.54) is 0 Å².